The van der Waals surface area contributed by atoms with Crippen molar-refractivity contribution in [1.82, 2.24) is 0 Å². The first-order valence-corrected chi connectivity index (χ1v) is 7.54. The lowest BCUT2D eigenvalue weighted by atomic mass is 9.96. The van der Waals surface area contributed by atoms with Gasteiger partial charge in [0.15, 0.2) is 0 Å². The third kappa shape index (κ3) is 4.01. The molecule has 0 heterocycles. The van der Waals surface area contributed by atoms with Gasteiger partial charge in [0.1, 0.15) is 5.75 Å². The van der Waals surface area contributed by atoms with Gasteiger partial charge in [0.2, 0.25) is 0 Å². The van der Waals surface area contributed by atoms with E-state index in [1.807, 2.05) is 56.3 Å². The Morgan fingerprint density at radius 3 is 2.32 bits per heavy atom. The average Bonchev–Trinajstić information content (AvgIpc) is 2.49. The summed E-state index contributed by atoms with van der Waals surface area (Å²) in [5, 5.41) is 10.1. The fourth-order valence-corrected chi connectivity index (χ4v) is 2.51. The van der Waals surface area contributed by atoms with Gasteiger partial charge in [-0.1, -0.05) is 41.9 Å². The van der Waals surface area contributed by atoms with Gasteiger partial charge in [0, 0.05) is 5.02 Å². The Labute approximate surface area is 135 Å². The molecule has 1 N–H and O–H groups in total. The van der Waals surface area contributed by atoms with Crippen molar-refractivity contribution in [2.45, 2.75) is 26.2 Å². The van der Waals surface area contributed by atoms with E-state index in [0.717, 1.165) is 27.5 Å². The van der Waals surface area contributed by atoms with Gasteiger partial charge < -0.3 is 9.84 Å². The van der Waals surface area contributed by atoms with Gasteiger partial charge in [-0.25, -0.2) is 0 Å². The van der Waals surface area contributed by atoms with Crippen LogP contribution in [0.4, 0.5) is 0 Å². The molecule has 0 fully saturated rings. The highest BCUT2D eigenvalue weighted by Crippen LogP contribution is 2.26. The van der Waals surface area contributed by atoms with Crippen molar-refractivity contribution >= 4 is 17.6 Å². The molecule has 22 heavy (non-hydrogen) atoms. The second-order valence-corrected chi connectivity index (χ2v) is 5.69. The Balaban J connectivity index is 2.01. The number of benzene rings is 2. The minimum Gasteiger partial charge on any atom is -0.494 e. The van der Waals surface area contributed by atoms with Gasteiger partial charge in [0.25, 0.3) is 0 Å². The van der Waals surface area contributed by atoms with E-state index < -0.39 is 11.9 Å². The predicted molar refractivity (Wildman–Crippen MR) is 87.9 cm³/mol. The normalized spacial score (nSPS) is 12.0. The zero-order valence-corrected chi connectivity index (χ0v) is 13.4. The first kappa shape index (κ1) is 16.4. The highest BCUT2D eigenvalue weighted by molar-refractivity contribution is 6.32. The van der Waals surface area contributed by atoms with Crippen LogP contribution < -0.4 is 4.74 Å². The third-order valence-electron chi connectivity index (χ3n) is 3.59. The molecular formula is C18H19ClO3. The minimum absolute atomic E-state index is 0.340. The van der Waals surface area contributed by atoms with E-state index in [4.69, 9.17) is 16.3 Å². The molecule has 0 saturated heterocycles. The summed E-state index contributed by atoms with van der Waals surface area (Å²) in [6, 6.07) is 13.0. The zero-order chi connectivity index (χ0) is 16.1. The molecule has 0 aliphatic carbocycles. The summed E-state index contributed by atoms with van der Waals surface area (Å²) >= 11 is 6.12. The van der Waals surface area contributed by atoms with Gasteiger partial charge >= 0.3 is 5.97 Å². The van der Waals surface area contributed by atoms with Gasteiger partial charge in [-0.15, -0.1) is 0 Å². The molecule has 3 nitrogen and oxygen atoms in total. The highest BCUT2D eigenvalue weighted by atomic mass is 35.5. The molecular weight excluding hydrogens is 300 g/mol. The molecule has 0 aliphatic rings. The van der Waals surface area contributed by atoms with Crippen LogP contribution in [-0.2, 0) is 4.79 Å². The highest BCUT2D eigenvalue weighted by Gasteiger charge is 2.19. The monoisotopic (exact) mass is 318 g/mol. The first-order chi connectivity index (χ1) is 10.5. The SMILES string of the molecule is Cc1cc(OCCC(C(=O)O)c2ccccc2)cc(C)c1Cl. The maximum atomic E-state index is 11.4. The molecule has 0 saturated carbocycles. The molecule has 2 aromatic carbocycles. The maximum absolute atomic E-state index is 11.4. The molecule has 2 rings (SSSR count). The van der Waals surface area contributed by atoms with Crippen molar-refractivity contribution in [3.8, 4) is 5.75 Å². The lowest BCUT2D eigenvalue weighted by Gasteiger charge is -2.14. The number of hydrogen-bond acceptors (Lipinski definition) is 2. The molecule has 0 bridgehead atoms. The van der Waals surface area contributed by atoms with Gasteiger partial charge in [-0.3, -0.25) is 4.79 Å². The lowest BCUT2D eigenvalue weighted by Crippen LogP contribution is -2.15. The van der Waals surface area contributed by atoms with Crippen LogP contribution in [0.3, 0.4) is 0 Å². The van der Waals surface area contributed by atoms with E-state index >= 15 is 0 Å². The van der Waals surface area contributed by atoms with Gasteiger partial charge in [-0.05, 0) is 49.1 Å². The molecule has 1 atom stereocenters. The van der Waals surface area contributed by atoms with E-state index in [2.05, 4.69) is 0 Å². The van der Waals surface area contributed by atoms with Crippen LogP contribution in [0.2, 0.25) is 5.02 Å². The number of carboxylic acid groups (broad SMARTS) is 1. The Hall–Kier alpha value is -2.00. The van der Waals surface area contributed by atoms with Crippen LogP contribution in [0.25, 0.3) is 0 Å². The number of rotatable bonds is 6. The second-order valence-electron chi connectivity index (χ2n) is 5.31. The second kappa shape index (κ2) is 7.32. The van der Waals surface area contributed by atoms with Crippen molar-refractivity contribution in [3.63, 3.8) is 0 Å². The van der Waals surface area contributed by atoms with Crippen molar-refractivity contribution < 1.29 is 14.6 Å². The summed E-state index contributed by atoms with van der Waals surface area (Å²) in [7, 11) is 0. The Morgan fingerprint density at radius 1 is 1.18 bits per heavy atom. The summed E-state index contributed by atoms with van der Waals surface area (Å²) in [6.07, 6.45) is 0.417. The Kier molecular flexibility index (Phi) is 5.45. The van der Waals surface area contributed by atoms with Crippen LogP contribution in [0.15, 0.2) is 42.5 Å². The first-order valence-electron chi connectivity index (χ1n) is 7.16. The summed E-state index contributed by atoms with van der Waals surface area (Å²) in [5.41, 5.74) is 2.70. The number of halogens is 1. The molecule has 1 unspecified atom stereocenters. The summed E-state index contributed by atoms with van der Waals surface area (Å²) < 4.78 is 5.70. The van der Waals surface area contributed by atoms with Crippen LogP contribution in [0, 0.1) is 13.8 Å². The average molecular weight is 319 g/mol. The summed E-state index contributed by atoms with van der Waals surface area (Å²) in [5.74, 6) is -0.675. The predicted octanol–water partition coefficient (Wildman–Crippen LogP) is 4.59. The molecule has 0 amide bonds. The van der Waals surface area contributed by atoms with E-state index in [-0.39, 0.29) is 0 Å². The molecule has 116 valence electrons. The van der Waals surface area contributed by atoms with Crippen molar-refractivity contribution in [1.29, 1.82) is 0 Å². The number of hydrogen-bond donors (Lipinski definition) is 1. The van der Waals surface area contributed by atoms with Crippen LogP contribution >= 0.6 is 11.6 Å². The van der Waals surface area contributed by atoms with Crippen LogP contribution in [0.5, 0.6) is 5.75 Å². The number of carboxylic acids is 1. The molecule has 0 aliphatic heterocycles. The largest absolute Gasteiger partial charge is 0.494 e. The minimum atomic E-state index is -0.835. The summed E-state index contributed by atoms with van der Waals surface area (Å²) in [6.45, 7) is 4.19. The maximum Gasteiger partial charge on any atom is 0.311 e. The van der Waals surface area contributed by atoms with E-state index in [1.54, 1.807) is 0 Å². The molecule has 0 radical (unpaired) electrons. The summed E-state index contributed by atoms with van der Waals surface area (Å²) in [4.78, 5) is 11.4. The zero-order valence-electron chi connectivity index (χ0n) is 12.7. The van der Waals surface area contributed by atoms with Gasteiger partial charge in [0.05, 0.1) is 12.5 Å². The fraction of sp³-hybridized carbons (Fsp3) is 0.278. The number of ether oxygens (including phenoxy) is 1. The van der Waals surface area contributed by atoms with Crippen LogP contribution in [0.1, 0.15) is 29.0 Å². The number of carbonyl (C=O) groups is 1. The topological polar surface area (TPSA) is 46.5 Å². The van der Waals surface area contributed by atoms with Crippen molar-refractivity contribution in [2.24, 2.45) is 0 Å². The van der Waals surface area contributed by atoms with Crippen LogP contribution in [-0.4, -0.2) is 17.7 Å². The standard InChI is InChI=1S/C18H19ClO3/c1-12-10-15(11-13(2)17(12)19)22-9-8-16(18(20)21)14-6-4-3-5-7-14/h3-7,10-11,16H,8-9H2,1-2H3,(H,20,21). The fourth-order valence-electron chi connectivity index (χ4n) is 2.40. The van der Waals surface area contributed by atoms with Crippen molar-refractivity contribution in [2.75, 3.05) is 6.61 Å². The van der Waals surface area contributed by atoms with E-state index in [9.17, 15) is 9.90 Å². The Bertz CT molecular complexity index is 630. The van der Waals surface area contributed by atoms with Gasteiger partial charge in [-0.2, -0.15) is 0 Å². The third-order valence-corrected chi connectivity index (χ3v) is 4.18. The lowest BCUT2D eigenvalue weighted by molar-refractivity contribution is -0.139. The Morgan fingerprint density at radius 2 is 1.77 bits per heavy atom. The molecule has 0 aromatic heterocycles. The molecule has 0 spiro atoms. The smallest absolute Gasteiger partial charge is 0.311 e. The molecule has 4 heteroatoms. The number of aliphatic carboxylic acids is 1. The van der Waals surface area contributed by atoms with E-state index in [0.29, 0.717) is 13.0 Å². The quantitative estimate of drug-likeness (QED) is 0.847. The van der Waals surface area contributed by atoms with E-state index in [1.165, 1.54) is 0 Å². The molecule has 2 aromatic rings. The van der Waals surface area contributed by atoms with Crippen molar-refractivity contribution in [3.05, 3.63) is 64.2 Å². The number of aryl methyl sites for hydroxylation is 2.